The van der Waals surface area contributed by atoms with Crippen molar-refractivity contribution in [2.75, 3.05) is 27.2 Å². The van der Waals surface area contributed by atoms with Crippen LogP contribution in [0.15, 0.2) is 30.3 Å². The highest BCUT2D eigenvalue weighted by Crippen LogP contribution is 2.27. The Balaban J connectivity index is 2.02. The number of hydrogen-bond donors (Lipinski definition) is 0. The molecule has 1 atom stereocenters. The van der Waals surface area contributed by atoms with Crippen LogP contribution in [0.25, 0.3) is 0 Å². The van der Waals surface area contributed by atoms with Crippen LogP contribution >= 0.6 is 0 Å². The lowest BCUT2D eigenvalue weighted by atomic mass is 9.91. The van der Waals surface area contributed by atoms with E-state index in [1.54, 1.807) is 26.2 Å². The van der Waals surface area contributed by atoms with Gasteiger partial charge in [-0.25, -0.2) is 0 Å². The van der Waals surface area contributed by atoms with E-state index in [1.807, 2.05) is 43.9 Å². The number of carbonyl (C=O) groups is 3. The molecule has 1 aliphatic rings. The summed E-state index contributed by atoms with van der Waals surface area (Å²) in [6.07, 6.45) is 0.166. The van der Waals surface area contributed by atoms with Gasteiger partial charge < -0.3 is 14.5 Å². The minimum atomic E-state index is -0.942. The van der Waals surface area contributed by atoms with Crippen molar-refractivity contribution in [3.63, 3.8) is 0 Å². The summed E-state index contributed by atoms with van der Waals surface area (Å²) in [5, 5.41) is 0. The standard InChI is InChI=1S/C21H30N2O4/c1-21(2,3)20(26)23-13-11-16(12-14-23)19(25)27-17(18(24)22(4)5)15-9-7-6-8-10-15/h6-10,16-17H,11-14H2,1-5H3/t17-/m1/s1. The Labute approximate surface area is 161 Å². The van der Waals surface area contributed by atoms with Crippen molar-refractivity contribution in [1.82, 2.24) is 9.80 Å². The van der Waals surface area contributed by atoms with Crippen LogP contribution in [0.5, 0.6) is 0 Å². The maximum absolute atomic E-state index is 12.7. The number of ether oxygens (including phenoxy) is 1. The van der Waals surface area contributed by atoms with Gasteiger partial charge in [0.05, 0.1) is 5.92 Å². The van der Waals surface area contributed by atoms with E-state index < -0.39 is 11.5 Å². The van der Waals surface area contributed by atoms with Gasteiger partial charge in [-0.05, 0) is 12.8 Å². The number of nitrogens with zero attached hydrogens (tertiary/aromatic N) is 2. The monoisotopic (exact) mass is 374 g/mol. The molecule has 0 radical (unpaired) electrons. The fourth-order valence-corrected chi connectivity index (χ4v) is 3.13. The highest BCUT2D eigenvalue weighted by atomic mass is 16.5. The number of benzene rings is 1. The molecule has 0 spiro atoms. The zero-order valence-corrected chi connectivity index (χ0v) is 16.9. The molecule has 1 aromatic carbocycles. The van der Waals surface area contributed by atoms with Gasteiger partial charge in [-0.3, -0.25) is 14.4 Å². The van der Waals surface area contributed by atoms with E-state index in [-0.39, 0.29) is 23.7 Å². The second-order valence-electron chi connectivity index (χ2n) is 8.28. The summed E-state index contributed by atoms with van der Waals surface area (Å²) in [6.45, 7) is 6.76. The molecule has 0 bridgehead atoms. The topological polar surface area (TPSA) is 66.9 Å². The molecule has 2 amide bonds. The third-order valence-corrected chi connectivity index (χ3v) is 4.76. The van der Waals surface area contributed by atoms with Crippen LogP contribution in [0.3, 0.4) is 0 Å². The van der Waals surface area contributed by atoms with E-state index in [4.69, 9.17) is 4.74 Å². The van der Waals surface area contributed by atoms with Gasteiger partial charge in [-0.1, -0.05) is 51.1 Å². The van der Waals surface area contributed by atoms with Crippen molar-refractivity contribution in [3.8, 4) is 0 Å². The van der Waals surface area contributed by atoms with E-state index >= 15 is 0 Å². The van der Waals surface area contributed by atoms with Crippen molar-refractivity contribution in [3.05, 3.63) is 35.9 Å². The number of likely N-dealkylation sites (tertiary alicyclic amines) is 1. The quantitative estimate of drug-likeness (QED) is 0.760. The van der Waals surface area contributed by atoms with Crippen LogP contribution in [0, 0.1) is 11.3 Å². The van der Waals surface area contributed by atoms with Crippen LogP contribution in [0.1, 0.15) is 45.3 Å². The maximum Gasteiger partial charge on any atom is 0.310 e. The molecule has 27 heavy (non-hydrogen) atoms. The molecule has 1 saturated heterocycles. The molecule has 0 aliphatic carbocycles. The summed E-state index contributed by atoms with van der Waals surface area (Å²) in [5.41, 5.74) is 0.231. The van der Waals surface area contributed by atoms with Crippen LogP contribution in [0.4, 0.5) is 0 Å². The fraction of sp³-hybridized carbons (Fsp3) is 0.571. The number of amides is 2. The molecule has 2 rings (SSSR count). The first-order valence-corrected chi connectivity index (χ1v) is 9.37. The summed E-state index contributed by atoms with van der Waals surface area (Å²) in [6, 6.07) is 9.05. The minimum absolute atomic E-state index is 0.0965. The Kier molecular flexibility index (Phi) is 6.63. The molecular formula is C21H30N2O4. The average Bonchev–Trinajstić information content (AvgIpc) is 2.64. The second-order valence-corrected chi connectivity index (χ2v) is 8.28. The van der Waals surface area contributed by atoms with Gasteiger partial charge in [0, 0.05) is 38.2 Å². The fourth-order valence-electron chi connectivity index (χ4n) is 3.13. The lowest BCUT2D eigenvalue weighted by Crippen LogP contribution is -2.45. The van der Waals surface area contributed by atoms with Crippen molar-refractivity contribution in [2.45, 2.75) is 39.7 Å². The zero-order valence-electron chi connectivity index (χ0n) is 16.9. The summed E-state index contributed by atoms with van der Waals surface area (Å²) in [5.74, 6) is -0.841. The molecule has 0 aromatic heterocycles. The number of hydrogen-bond acceptors (Lipinski definition) is 4. The zero-order chi connectivity index (χ0) is 20.2. The molecule has 6 heteroatoms. The van der Waals surface area contributed by atoms with Crippen LogP contribution in [-0.4, -0.2) is 54.8 Å². The Bertz CT molecular complexity index is 671. The number of carbonyl (C=O) groups excluding carboxylic acids is 3. The van der Waals surface area contributed by atoms with E-state index in [0.717, 1.165) is 0 Å². The van der Waals surface area contributed by atoms with E-state index in [2.05, 4.69) is 0 Å². The Morgan fingerprint density at radius 3 is 2.11 bits per heavy atom. The average molecular weight is 374 g/mol. The summed E-state index contributed by atoms with van der Waals surface area (Å²) < 4.78 is 5.63. The number of piperidine rings is 1. The van der Waals surface area contributed by atoms with E-state index in [1.165, 1.54) is 4.90 Å². The highest BCUT2D eigenvalue weighted by molar-refractivity contribution is 5.85. The third-order valence-electron chi connectivity index (χ3n) is 4.76. The molecular weight excluding hydrogens is 344 g/mol. The lowest BCUT2D eigenvalue weighted by molar-refractivity contribution is -0.165. The molecule has 0 N–H and O–H groups in total. The summed E-state index contributed by atoms with van der Waals surface area (Å²) in [7, 11) is 3.28. The number of likely N-dealkylation sites (N-methyl/N-ethyl adjacent to an activating group) is 1. The van der Waals surface area contributed by atoms with Gasteiger partial charge in [0.25, 0.3) is 5.91 Å². The molecule has 0 unspecified atom stereocenters. The van der Waals surface area contributed by atoms with Crippen LogP contribution in [-0.2, 0) is 19.1 Å². The molecule has 148 valence electrons. The maximum atomic E-state index is 12.7. The Hall–Kier alpha value is -2.37. The number of esters is 1. The smallest absolute Gasteiger partial charge is 0.310 e. The first kappa shape index (κ1) is 20.9. The molecule has 6 nitrogen and oxygen atoms in total. The van der Waals surface area contributed by atoms with Crippen LogP contribution in [0.2, 0.25) is 0 Å². The van der Waals surface area contributed by atoms with E-state index in [9.17, 15) is 14.4 Å². The van der Waals surface area contributed by atoms with Gasteiger partial charge in [0.2, 0.25) is 12.0 Å². The Morgan fingerprint density at radius 1 is 1.07 bits per heavy atom. The second kappa shape index (κ2) is 8.55. The van der Waals surface area contributed by atoms with Crippen molar-refractivity contribution in [1.29, 1.82) is 0 Å². The Morgan fingerprint density at radius 2 is 1.63 bits per heavy atom. The largest absolute Gasteiger partial charge is 0.447 e. The van der Waals surface area contributed by atoms with Crippen LogP contribution < -0.4 is 0 Å². The predicted octanol–water partition coefficient (Wildman–Crippen LogP) is 2.64. The van der Waals surface area contributed by atoms with Crippen molar-refractivity contribution >= 4 is 17.8 Å². The van der Waals surface area contributed by atoms with Gasteiger partial charge >= 0.3 is 5.97 Å². The van der Waals surface area contributed by atoms with Gasteiger partial charge in [-0.2, -0.15) is 0 Å². The normalized spacial score (nSPS) is 16.6. The minimum Gasteiger partial charge on any atom is -0.447 e. The number of rotatable bonds is 4. The lowest BCUT2D eigenvalue weighted by Gasteiger charge is -2.35. The summed E-state index contributed by atoms with van der Waals surface area (Å²) in [4.78, 5) is 40.8. The van der Waals surface area contributed by atoms with Crippen molar-refractivity contribution < 1.29 is 19.1 Å². The van der Waals surface area contributed by atoms with Gasteiger partial charge in [-0.15, -0.1) is 0 Å². The van der Waals surface area contributed by atoms with Gasteiger partial charge in [0.1, 0.15) is 0 Å². The predicted molar refractivity (Wildman–Crippen MR) is 103 cm³/mol. The third kappa shape index (κ3) is 5.31. The van der Waals surface area contributed by atoms with E-state index in [0.29, 0.717) is 31.5 Å². The molecule has 1 aliphatic heterocycles. The SMILES string of the molecule is CN(C)C(=O)[C@H](OC(=O)C1CCN(C(=O)C(C)(C)C)CC1)c1ccccc1. The molecule has 1 heterocycles. The first-order chi connectivity index (χ1) is 12.6. The summed E-state index contributed by atoms with van der Waals surface area (Å²) >= 11 is 0. The molecule has 0 saturated carbocycles. The van der Waals surface area contributed by atoms with Crippen molar-refractivity contribution in [2.24, 2.45) is 11.3 Å². The first-order valence-electron chi connectivity index (χ1n) is 9.37. The van der Waals surface area contributed by atoms with Gasteiger partial charge in [0.15, 0.2) is 0 Å². The molecule has 1 aromatic rings. The highest BCUT2D eigenvalue weighted by Gasteiger charge is 2.35. The molecule has 1 fully saturated rings.